The predicted molar refractivity (Wildman–Crippen MR) is 48.6 cm³/mol. The molecule has 0 spiro atoms. The number of halogens is 4. The molecular weight excluding hydrogens is 249 g/mol. The zero-order valence-electron chi connectivity index (χ0n) is 7.98. The molecule has 0 atom stereocenters. The Morgan fingerprint density at radius 1 is 1.31 bits per heavy atom. The zero-order chi connectivity index (χ0) is 12.5. The number of hydrogen-bond acceptors (Lipinski definition) is 3. The number of esters is 1. The molecule has 0 aliphatic carbocycles. The van der Waals surface area contributed by atoms with E-state index in [1.807, 2.05) is 0 Å². The Morgan fingerprint density at radius 3 is 2.31 bits per heavy atom. The van der Waals surface area contributed by atoms with Crippen LogP contribution in [0.5, 0.6) is 0 Å². The highest BCUT2D eigenvalue weighted by molar-refractivity contribution is 6.33. The third-order valence-corrected chi connectivity index (χ3v) is 2.26. The number of aliphatic hydroxyl groups is 1. The smallest absolute Gasteiger partial charge is 0.342 e. The summed E-state index contributed by atoms with van der Waals surface area (Å²) in [6.45, 7) is -1.07. The van der Waals surface area contributed by atoms with Gasteiger partial charge in [-0.1, -0.05) is 11.6 Å². The Kier molecular flexibility index (Phi) is 3.77. The number of carbonyl (C=O) groups is 1. The highest BCUT2D eigenvalue weighted by atomic mass is 35.5. The van der Waals surface area contributed by atoms with Crippen LogP contribution in [-0.4, -0.2) is 18.2 Å². The molecule has 0 fully saturated rings. The summed E-state index contributed by atoms with van der Waals surface area (Å²) in [5.74, 6) is -6.00. The predicted octanol–water partition coefficient (Wildman–Crippen LogP) is 2.04. The van der Waals surface area contributed by atoms with Crippen molar-refractivity contribution >= 4 is 17.6 Å². The Labute approximate surface area is 93.4 Å². The number of aliphatic hydroxyl groups excluding tert-OH is 1. The summed E-state index contributed by atoms with van der Waals surface area (Å²) in [6.07, 6.45) is 0. The van der Waals surface area contributed by atoms with E-state index in [1.54, 1.807) is 0 Å². The normalized spacial score (nSPS) is 10.4. The van der Waals surface area contributed by atoms with E-state index in [9.17, 15) is 18.0 Å². The molecule has 0 bridgehead atoms. The minimum absolute atomic E-state index is 0.911. The Morgan fingerprint density at radius 2 is 1.88 bits per heavy atom. The standard InChI is InChI=1S/C9H6ClF3O3/c1-16-9(15)4-5(10)6(11)3(2-14)7(12)8(4)13/h14H,2H2,1H3. The molecule has 0 amide bonds. The van der Waals surface area contributed by atoms with E-state index in [0.717, 1.165) is 7.11 Å². The third kappa shape index (κ3) is 1.85. The van der Waals surface area contributed by atoms with Gasteiger partial charge in [0.25, 0.3) is 0 Å². The summed E-state index contributed by atoms with van der Waals surface area (Å²) in [4.78, 5) is 11.0. The maximum absolute atomic E-state index is 13.3. The summed E-state index contributed by atoms with van der Waals surface area (Å²) in [5, 5.41) is 7.69. The lowest BCUT2D eigenvalue weighted by Crippen LogP contribution is -2.12. The van der Waals surface area contributed by atoms with Gasteiger partial charge in [0, 0.05) is 0 Å². The largest absolute Gasteiger partial charge is 0.465 e. The van der Waals surface area contributed by atoms with Crippen LogP contribution >= 0.6 is 11.6 Å². The van der Waals surface area contributed by atoms with Gasteiger partial charge in [0.1, 0.15) is 5.56 Å². The van der Waals surface area contributed by atoms with Gasteiger partial charge in [0.2, 0.25) is 0 Å². The second kappa shape index (κ2) is 4.71. The fourth-order valence-corrected chi connectivity index (χ4v) is 1.37. The van der Waals surface area contributed by atoms with Crippen molar-refractivity contribution in [2.75, 3.05) is 7.11 Å². The summed E-state index contributed by atoms with van der Waals surface area (Å²) in [7, 11) is 0.911. The van der Waals surface area contributed by atoms with E-state index in [0.29, 0.717) is 0 Å². The van der Waals surface area contributed by atoms with Crippen molar-refractivity contribution in [3.05, 3.63) is 33.6 Å². The van der Waals surface area contributed by atoms with Gasteiger partial charge >= 0.3 is 5.97 Å². The molecule has 1 aromatic rings. The third-order valence-electron chi connectivity index (χ3n) is 1.90. The molecule has 1 N–H and O–H groups in total. The van der Waals surface area contributed by atoms with Crippen LogP contribution in [0.2, 0.25) is 5.02 Å². The van der Waals surface area contributed by atoms with Crippen LogP contribution in [-0.2, 0) is 11.3 Å². The summed E-state index contributed by atoms with van der Waals surface area (Å²) in [6, 6.07) is 0. The number of ether oxygens (including phenoxy) is 1. The number of carbonyl (C=O) groups excluding carboxylic acids is 1. The number of hydrogen-bond donors (Lipinski definition) is 1. The fraction of sp³-hybridized carbons (Fsp3) is 0.222. The van der Waals surface area contributed by atoms with E-state index in [4.69, 9.17) is 16.7 Å². The molecule has 0 saturated heterocycles. The van der Waals surface area contributed by atoms with Crippen molar-refractivity contribution in [2.24, 2.45) is 0 Å². The van der Waals surface area contributed by atoms with Crippen molar-refractivity contribution < 1.29 is 27.8 Å². The summed E-state index contributed by atoms with van der Waals surface area (Å²) < 4.78 is 43.9. The van der Waals surface area contributed by atoms with E-state index in [-0.39, 0.29) is 0 Å². The molecule has 1 rings (SSSR count). The van der Waals surface area contributed by atoms with Crippen LogP contribution in [0, 0.1) is 17.5 Å². The monoisotopic (exact) mass is 254 g/mol. The molecule has 0 saturated carbocycles. The first kappa shape index (κ1) is 12.8. The maximum atomic E-state index is 13.3. The van der Waals surface area contributed by atoms with Gasteiger partial charge in [-0.15, -0.1) is 0 Å². The molecule has 0 aliphatic rings. The SMILES string of the molecule is COC(=O)c1c(F)c(F)c(CO)c(F)c1Cl. The Balaban J connectivity index is 3.60. The van der Waals surface area contributed by atoms with Gasteiger partial charge in [0.15, 0.2) is 17.5 Å². The maximum Gasteiger partial charge on any atom is 0.342 e. The first-order valence-corrected chi connectivity index (χ1v) is 4.37. The van der Waals surface area contributed by atoms with E-state index in [2.05, 4.69) is 4.74 Å². The van der Waals surface area contributed by atoms with Crippen LogP contribution in [0.3, 0.4) is 0 Å². The van der Waals surface area contributed by atoms with Crippen molar-refractivity contribution in [1.29, 1.82) is 0 Å². The minimum atomic E-state index is -1.66. The first-order valence-electron chi connectivity index (χ1n) is 3.99. The van der Waals surface area contributed by atoms with E-state index in [1.165, 1.54) is 0 Å². The van der Waals surface area contributed by atoms with Crippen molar-refractivity contribution in [3.63, 3.8) is 0 Å². The van der Waals surface area contributed by atoms with Gasteiger partial charge in [-0.25, -0.2) is 18.0 Å². The van der Waals surface area contributed by atoms with Crippen molar-refractivity contribution in [1.82, 2.24) is 0 Å². The molecule has 0 aromatic heterocycles. The topological polar surface area (TPSA) is 46.5 Å². The van der Waals surface area contributed by atoms with Crippen LogP contribution < -0.4 is 0 Å². The second-order valence-electron chi connectivity index (χ2n) is 2.76. The molecule has 88 valence electrons. The molecule has 1 aromatic carbocycles. The molecule has 0 radical (unpaired) electrons. The quantitative estimate of drug-likeness (QED) is 0.649. The zero-order valence-corrected chi connectivity index (χ0v) is 8.74. The Bertz CT molecular complexity index is 419. The molecule has 16 heavy (non-hydrogen) atoms. The number of methoxy groups -OCH3 is 1. The lowest BCUT2D eigenvalue weighted by Gasteiger charge is -2.09. The van der Waals surface area contributed by atoms with Gasteiger partial charge < -0.3 is 9.84 Å². The molecule has 7 heteroatoms. The van der Waals surface area contributed by atoms with Crippen LogP contribution in [0.1, 0.15) is 15.9 Å². The molecular formula is C9H6ClF3O3. The van der Waals surface area contributed by atoms with Gasteiger partial charge in [-0.2, -0.15) is 0 Å². The van der Waals surface area contributed by atoms with E-state index < -0.39 is 46.2 Å². The minimum Gasteiger partial charge on any atom is -0.465 e. The van der Waals surface area contributed by atoms with Crippen LogP contribution in [0.4, 0.5) is 13.2 Å². The summed E-state index contributed by atoms with van der Waals surface area (Å²) >= 11 is 5.33. The Hall–Kier alpha value is -1.27. The molecule has 0 aliphatic heterocycles. The highest BCUT2D eigenvalue weighted by Gasteiger charge is 2.28. The fourth-order valence-electron chi connectivity index (χ4n) is 1.10. The van der Waals surface area contributed by atoms with Crippen LogP contribution in [0.15, 0.2) is 0 Å². The van der Waals surface area contributed by atoms with Crippen molar-refractivity contribution in [3.8, 4) is 0 Å². The highest BCUT2D eigenvalue weighted by Crippen LogP contribution is 2.29. The van der Waals surface area contributed by atoms with Gasteiger partial charge in [-0.05, 0) is 0 Å². The van der Waals surface area contributed by atoms with Crippen molar-refractivity contribution in [2.45, 2.75) is 6.61 Å². The number of rotatable bonds is 2. The lowest BCUT2D eigenvalue weighted by atomic mass is 10.1. The molecule has 0 unspecified atom stereocenters. The van der Waals surface area contributed by atoms with E-state index >= 15 is 0 Å². The second-order valence-corrected chi connectivity index (χ2v) is 3.14. The van der Waals surface area contributed by atoms with Gasteiger partial charge in [-0.3, -0.25) is 0 Å². The van der Waals surface area contributed by atoms with Crippen LogP contribution in [0.25, 0.3) is 0 Å². The lowest BCUT2D eigenvalue weighted by molar-refractivity contribution is 0.0593. The molecule has 0 heterocycles. The number of benzene rings is 1. The molecule has 3 nitrogen and oxygen atoms in total. The average molecular weight is 255 g/mol. The average Bonchev–Trinajstić information content (AvgIpc) is 2.27. The first-order chi connectivity index (χ1) is 7.45. The summed E-state index contributed by atoms with van der Waals surface area (Å²) in [5.41, 5.74) is -1.97. The van der Waals surface area contributed by atoms with Gasteiger partial charge in [0.05, 0.1) is 24.3 Å².